The molecule has 0 aromatic heterocycles. The summed E-state index contributed by atoms with van der Waals surface area (Å²) in [5, 5.41) is 11.0. The van der Waals surface area contributed by atoms with Gasteiger partial charge in [0.05, 0.1) is 18.1 Å². The van der Waals surface area contributed by atoms with Crippen LogP contribution in [0.15, 0.2) is 109 Å². The molecule has 8 heteroatoms. The molecule has 0 aliphatic carbocycles. The molecule has 5 rings (SSSR count). The number of amides is 2. The van der Waals surface area contributed by atoms with Crippen LogP contribution in [-0.2, 0) is 4.79 Å². The summed E-state index contributed by atoms with van der Waals surface area (Å²) >= 11 is 0. The Hall–Kier alpha value is -5.24. The highest BCUT2D eigenvalue weighted by Gasteiger charge is 2.38. The van der Waals surface area contributed by atoms with Crippen LogP contribution in [-0.4, -0.2) is 29.9 Å². The van der Waals surface area contributed by atoms with Crippen molar-refractivity contribution in [2.45, 2.75) is 25.4 Å². The maximum Gasteiger partial charge on any atom is 0.269 e. The highest BCUT2D eigenvalue weighted by molar-refractivity contribution is 6.08. The van der Waals surface area contributed by atoms with E-state index in [4.69, 9.17) is 4.74 Å². The van der Waals surface area contributed by atoms with Gasteiger partial charge in [0, 0.05) is 41.2 Å². The minimum absolute atomic E-state index is 0.0130. The van der Waals surface area contributed by atoms with Crippen molar-refractivity contribution >= 4 is 35.0 Å². The Labute approximate surface area is 238 Å². The molecule has 4 aromatic carbocycles. The van der Waals surface area contributed by atoms with Crippen LogP contribution in [0.5, 0.6) is 5.75 Å². The summed E-state index contributed by atoms with van der Waals surface area (Å²) in [5.41, 5.74) is 3.56. The maximum atomic E-state index is 13.8. The molecular formula is C33H29N3O5. The molecule has 1 aliphatic heterocycles. The first kappa shape index (κ1) is 27.3. The number of anilines is 2. The van der Waals surface area contributed by atoms with E-state index in [2.05, 4.69) is 0 Å². The molecule has 2 amide bonds. The molecule has 206 valence electrons. The van der Waals surface area contributed by atoms with Crippen LogP contribution in [0.4, 0.5) is 17.1 Å². The average Bonchev–Trinajstić information content (AvgIpc) is 3.00. The summed E-state index contributed by atoms with van der Waals surface area (Å²) in [6.07, 6.45) is 3.65. The number of benzene rings is 4. The zero-order chi connectivity index (χ0) is 28.9. The number of nitro groups is 1. The number of nitrogens with zero attached hydrogens (tertiary/aromatic N) is 3. The lowest BCUT2D eigenvalue weighted by Crippen LogP contribution is -2.47. The second-order valence-corrected chi connectivity index (χ2v) is 9.79. The van der Waals surface area contributed by atoms with Crippen molar-refractivity contribution in [3.8, 4) is 5.75 Å². The molecule has 1 heterocycles. The van der Waals surface area contributed by atoms with E-state index in [1.54, 1.807) is 59.4 Å². The topological polar surface area (TPSA) is 93.0 Å². The monoisotopic (exact) mass is 547 g/mol. The standard InChI is InChI=1S/C33H29N3O5/c1-23-22-31(29-10-6-7-11-30(29)34(23)33(38)25-15-19-28(41-2)20-16-25)35(26-8-4-3-5-9-26)32(37)21-14-24-12-17-27(18-13-24)36(39)40/h3-21,23,31H,22H2,1-2H3/b21-14+/t23-,31-/m0/s1. The van der Waals surface area contributed by atoms with Gasteiger partial charge in [-0.2, -0.15) is 0 Å². The second-order valence-electron chi connectivity index (χ2n) is 9.79. The molecule has 0 saturated carbocycles. The van der Waals surface area contributed by atoms with Crippen molar-refractivity contribution in [3.63, 3.8) is 0 Å². The number of non-ortho nitro benzene ring substituents is 1. The first-order valence-corrected chi connectivity index (χ1v) is 13.2. The average molecular weight is 548 g/mol. The number of ether oxygens (including phenoxy) is 1. The van der Waals surface area contributed by atoms with Crippen molar-refractivity contribution in [2.24, 2.45) is 0 Å². The smallest absolute Gasteiger partial charge is 0.269 e. The summed E-state index contributed by atoms with van der Waals surface area (Å²) in [4.78, 5) is 41.7. The molecule has 0 spiro atoms. The van der Waals surface area contributed by atoms with E-state index in [1.807, 2.05) is 61.5 Å². The number of carbonyl (C=O) groups is 2. The fraction of sp³-hybridized carbons (Fsp3) is 0.152. The summed E-state index contributed by atoms with van der Waals surface area (Å²) < 4.78 is 5.24. The number of rotatable bonds is 7. The van der Waals surface area contributed by atoms with Crippen LogP contribution in [0.25, 0.3) is 6.08 Å². The van der Waals surface area contributed by atoms with Crippen LogP contribution >= 0.6 is 0 Å². The van der Waals surface area contributed by atoms with E-state index in [0.717, 1.165) is 16.9 Å². The van der Waals surface area contributed by atoms with E-state index in [9.17, 15) is 19.7 Å². The second kappa shape index (κ2) is 11.9. The van der Waals surface area contributed by atoms with E-state index >= 15 is 0 Å². The maximum absolute atomic E-state index is 13.8. The highest BCUT2D eigenvalue weighted by atomic mass is 16.6. The number of carbonyl (C=O) groups excluding carboxylic acids is 2. The molecule has 8 nitrogen and oxygen atoms in total. The van der Waals surface area contributed by atoms with Gasteiger partial charge in [-0.1, -0.05) is 36.4 Å². The predicted molar refractivity (Wildman–Crippen MR) is 159 cm³/mol. The molecule has 0 bridgehead atoms. The lowest BCUT2D eigenvalue weighted by atomic mass is 9.89. The predicted octanol–water partition coefficient (Wildman–Crippen LogP) is 6.83. The first-order valence-electron chi connectivity index (χ1n) is 13.2. The number of hydrogen-bond donors (Lipinski definition) is 0. The number of hydrogen-bond acceptors (Lipinski definition) is 5. The SMILES string of the molecule is COc1ccc(C(=O)N2c3ccccc3[C@@H](N(C(=O)/C=C/c3ccc([N+](=O)[O-])cc3)c3ccccc3)C[C@@H]2C)cc1. The van der Waals surface area contributed by atoms with E-state index < -0.39 is 4.92 Å². The normalized spacial score (nSPS) is 16.2. The minimum atomic E-state index is -0.458. The molecule has 0 radical (unpaired) electrons. The van der Waals surface area contributed by atoms with Gasteiger partial charge >= 0.3 is 0 Å². The van der Waals surface area contributed by atoms with Crippen molar-refractivity contribution in [1.29, 1.82) is 0 Å². The number of para-hydroxylation sites is 2. The van der Waals surface area contributed by atoms with Gasteiger partial charge in [-0.3, -0.25) is 19.7 Å². The largest absolute Gasteiger partial charge is 0.497 e. The van der Waals surface area contributed by atoms with Gasteiger partial charge in [0.1, 0.15) is 5.75 Å². The third-order valence-electron chi connectivity index (χ3n) is 7.22. The van der Waals surface area contributed by atoms with Gasteiger partial charge in [0.15, 0.2) is 0 Å². The quantitative estimate of drug-likeness (QED) is 0.144. The number of nitro benzene ring substituents is 1. The highest BCUT2D eigenvalue weighted by Crippen LogP contribution is 2.43. The minimum Gasteiger partial charge on any atom is -0.497 e. The summed E-state index contributed by atoms with van der Waals surface area (Å²) in [5.74, 6) is 0.311. The van der Waals surface area contributed by atoms with Crippen molar-refractivity contribution < 1.29 is 19.2 Å². The number of methoxy groups -OCH3 is 1. The molecule has 4 aromatic rings. The molecular weight excluding hydrogens is 518 g/mol. The van der Waals surface area contributed by atoms with Gasteiger partial charge < -0.3 is 14.5 Å². The fourth-order valence-corrected chi connectivity index (χ4v) is 5.21. The van der Waals surface area contributed by atoms with Crippen molar-refractivity contribution in [1.82, 2.24) is 0 Å². The van der Waals surface area contributed by atoms with Crippen molar-refractivity contribution in [2.75, 3.05) is 16.9 Å². The van der Waals surface area contributed by atoms with Gasteiger partial charge in [-0.25, -0.2) is 0 Å². The Bertz CT molecular complexity index is 1580. The lowest BCUT2D eigenvalue weighted by Gasteiger charge is -2.43. The summed E-state index contributed by atoms with van der Waals surface area (Å²) in [7, 11) is 1.58. The Morgan fingerprint density at radius 2 is 1.59 bits per heavy atom. The van der Waals surface area contributed by atoms with Gasteiger partial charge in [-0.15, -0.1) is 0 Å². The zero-order valence-corrected chi connectivity index (χ0v) is 22.7. The van der Waals surface area contributed by atoms with Crippen LogP contribution in [0.1, 0.15) is 40.9 Å². The molecule has 2 atom stereocenters. The fourth-order valence-electron chi connectivity index (χ4n) is 5.21. The van der Waals surface area contributed by atoms with Gasteiger partial charge in [-0.05, 0) is 85.1 Å². The summed E-state index contributed by atoms with van der Waals surface area (Å²) in [6, 6.07) is 29.7. The van der Waals surface area contributed by atoms with Crippen LogP contribution in [0.3, 0.4) is 0 Å². The van der Waals surface area contributed by atoms with E-state index in [-0.39, 0.29) is 29.6 Å². The van der Waals surface area contributed by atoms with Gasteiger partial charge in [0.25, 0.3) is 17.5 Å². The molecule has 1 aliphatic rings. The third kappa shape index (κ3) is 5.72. The molecule has 0 saturated heterocycles. The Kier molecular flexibility index (Phi) is 7.92. The third-order valence-corrected chi connectivity index (χ3v) is 7.22. The number of fused-ring (bicyclic) bond motifs is 1. The summed E-state index contributed by atoms with van der Waals surface area (Å²) in [6.45, 7) is 1.99. The molecule has 0 N–H and O–H groups in total. The lowest BCUT2D eigenvalue weighted by molar-refractivity contribution is -0.384. The van der Waals surface area contributed by atoms with Crippen LogP contribution < -0.4 is 14.5 Å². The van der Waals surface area contributed by atoms with Gasteiger partial charge in [0.2, 0.25) is 0 Å². The van der Waals surface area contributed by atoms with E-state index in [0.29, 0.717) is 23.3 Å². The Morgan fingerprint density at radius 3 is 2.24 bits per heavy atom. The van der Waals surface area contributed by atoms with E-state index in [1.165, 1.54) is 18.2 Å². The Balaban J connectivity index is 1.50. The molecule has 0 fully saturated rings. The van der Waals surface area contributed by atoms with Crippen LogP contribution in [0, 0.1) is 10.1 Å². The van der Waals surface area contributed by atoms with Crippen LogP contribution in [0.2, 0.25) is 0 Å². The van der Waals surface area contributed by atoms with Crippen molar-refractivity contribution in [3.05, 3.63) is 136 Å². The zero-order valence-electron chi connectivity index (χ0n) is 22.7. The molecule has 0 unspecified atom stereocenters. The molecule has 41 heavy (non-hydrogen) atoms. The Morgan fingerprint density at radius 1 is 0.927 bits per heavy atom. The first-order chi connectivity index (χ1) is 19.9.